The third-order valence-corrected chi connectivity index (χ3v) is 12.3. The smallest absolute Gasteiger partial charge is 0.201 e. The predicted molar refractivity (Wildman–Crippen MR) is 113 cm³/mol. The second-order valence-electron chi connectivity index (χ2n) is 8.72. The fraction of sp³-hybridized carbons (Fsp3) is 0.737. The largest absolute Gasteiger partial charge is 0.406 e. The molecule has 3 heterocycles. The third kappa shape index (κ3) is 3.57. The zero-order valence-corrected chi connectivity index (χ0v) is 19.0. The van der Waals surface area contributed by atoms with E-state index in [1.807, 2.05) is 0 Å². The van der Waals surface area contributed by atoms with E-state index in [0.29, 0.717) is 27.8 Å². The molecule has 1 fully saturated rings. The second-order valence-corrected chi connectivity index (χ2v) is 14.1. The van der Waals surface area contributed by atoms with Gasteiger partial charge in [0, 0.05) is 0 Å². The summed E-state index contributed by atoms with van der Waals surface area (Å²) in [7, 11) is -2.32. The summed E-state index contributed by atoms with van der Waals surface area (Å²) >= 11 is 0. The fourth-order valence-corrected chi connectivity index (χ4v) is 10.5. The number of fused-ring (bicyclic) bond motifs is 1. The van der Waals surface area contributed by atoms with Gasteiger partial charge in [0.15, 0.2) is 17.7 Å². The first-order valence-electron chi connectivity index (χ1n) is 10.2. The van der Waals surface area contributed by atoms with Crippen LogP contribution >= 0.6 is 0 Å². The van der Waals surface area contributed by atoms with Crippen LogP contribution in [0.25, 0.3) is 11.2 Å². The van der Waals surface area contributed by atoms with Gasteiger partial charge in [-0.25, -0.2) is 15.0 Å². The molecule has 2 aromatic heterocycles. The number of nitrogens with two attached hydrogens (primary N) is 1. The maximum atomic E-state index is 11.0. The van der Waals surface area contributed by atoms with E-state index in [1.54, 1.807) is 10.9 Å². The Morgan fingerprint density at radius 1 is 1.14 bits per heavy atom. The lowest BCUT2D eigenvalue weighted by Gasteiger charge is -2.45. The highest BCUT2D eigenvalue weighted by molar-refractivity contribution is 6.77. The van der Waals surface area contributed by atoms with Crippen molar-refractivity contribution in [3.8, 4) is 0 Å². The molecule has 4 atom stereocenters. The van der Waals surface area contributed by atoms with Gasteiger partial charge in [-0.2, -0.15) is 0 Å². The number of aliphatic hydroxyl groups is 2. The highest BCUT2D eigenvalue weighted by Crippen LogP contribution is 2.46. The summed E-state index contributed by atoms with van der Waals surface area (Å²) in [5.74, 6) is 0.277. The molecule has 0 radical (unpaired) electrons. The number of anilines is 1. The maximum Gasteiger partial charge on any atom is 0.201 e. The predicted octanol–water partition coefficient (Wildman–Crippen LogP) is 2.22. The van der Waals surface area contributed by atoms with Gasteiger partial charge < -0.3 is 25.1 Å². The number of rotatable bonds is 7. The van der Waals surface area contributed by atoms with Crippen molar-refractivity contribution in [2.75, 3.05) is 12.3 Å². The molecular formula is C19H33N5O4Si. The van der Waals surface area contributed by atoms with Crippen LogP contribution in [0.2, 0.25) is 16.6 Å². The van der Waals surface area contributed by atoms with Gasteiger partial charge in [0.2, 0.25) is 8.32 Å². The summed E-state index contributed by atoms with van der Waals surface area (Å²) in [6, 6.07) is 0. The molecule has 2 aromatic rings. The van der Waals surface area contributed by atoms with Gasteiger partial charge in [0.05, 0.1) is 12.9 Å². The van der Waals surface area contributed by atoms with E-state index >= 15 is 0 Å². The molecule has 0 amide bonds. The fourth-order valence-electron chi connectivity index (χ4n) is 4.92. The number of nitrogens with zero attached hydrogens (tertiary/aromatic N) is 4. The van der Waals surface area contributed by atoms with Gasteiger partial charge >= 0.3 is 0 Å². The minimum absolute atomic E-state index is 0.277. The van der Waals surface area contributed by atoms with Gasteiger partial charge in [0.1, 0.15) is 30.2 Å². The normalized spacial score (nSPS) is 25.8. The third-order valence-electron chi connectivity index (χ3n) is 6.20. The first-order chi connectivity index (χ1) is 13.6. The van der Waals surface area contributed by atoms with Crippen molar-refractivity contribution in [1.29, 1.82) is 0 Å². The highest BCUT2D eigenvalue weighted by Gasteiger charge is 2.53. The van der Waals surface area contributed by atoms with E-state index in [-0.39, 0.29) is 12.4 Å². The first kappa shape index (κ1) is 22.1. The summed E-state index contributed by atoms with van der Waals surface area (Å²) in [4.78, 5) is 12.6. The number of nitrogen functional groups attached to an aromatic ring is 1. The lowest BCUT2D eigenvalue weighted by Crippen LogP contribution is -2.53. The Hall–Kier alpha value is -1.59. The molecule has 1 saturated heterocycles. The second kappa shape index (κ2) is 8.27. The standard InChI is InChI=1S/C19H33N5O4Si/c1-10(2)29(11(3)4,12(5)6)28-16-15(26)13(7-25)27-19(16)24-9-23-14-17(20)21-8-22-18(14)24/h8-13,15-16,19,25-26H,7H2,1-6H3,(H2,20,21,22)/t13-,15-,16-,19-/m1/s1. The zero-order valence-electron chi connectivity index (χ0n) is 18.0. The van der Waals surface area contributed by atoms with E-state index in [9.17, 15) is 10.2 Å². The monoisotopic (exact) mass is 423 g/mol. The molecule has 0 spiro atoms. The Labute approximate surface area is 172 Å². The molecule has 3 rings (SSSR count). The van der Waals surface area contributed by atoms with Crippen LogP contribution in [0.5, 0.6) is 0 Å². The zero-order chi connectivity index (χ0) is 21.5. The van der Waals surface area contributed by atoms with E-state index in [2.05, 4.69) is 56.5 Å². The quantitative estimate of drug-likeness (QED) is 0.578. The number of ether oxygens (including phenoxy) is 1. The van der Waals surface area contributed by atoms with Crippen molar-refractivity contribution < 1.29 is 19.4 Å². The van der Waals surface area contributed by atoms with Gasteiger partial charge in [-0.3, -0.25) is 4.57 Å². The van der Waals surface area contributed by atoms with Gasteiger partial charge in [-0.05, 0) is 16.6 Å². The molecule has 0 unspecified atom stereocenters. The average molecular weight is 424 g/mol. The summed E-state index contributed by atoms with van der Waals surface area (Å²) in [6.45, 7) is 12.8. The molecule has 162 valence electrons. The Bertz CT molecular complexity index is 821. The molecule has 0 bridgehead atoms. The lowest BCUT2D eigenvalue weighted by molar-refractivity contribution is -0.0500. The van der Waals surface area contributed by atoms with Crippen LogP contribution in [-0.2, 0) is 9.16 Å². The van der Waals surface area contributed by atoms with Crippen molar-refractivity contribution in [3.05, 3.63) is 12.7 Å². The Kier molecular flexibility index (Phi) is 6.30. The number of hydrogen-bond donors (Lipinski definition) is 3. The highest BCUT2D eigenvalue weighted by atomic mass is 28.4. The number of aromatic nitrogens is 4. The van der Waals surface area contributed by atoms with Crippen LogP contribution in [0.3, 0.4) is 0 Å². The molecule has 0 saturated carbocycles. The molecule has 1 aliphatic rings. The van der Waals surface area contributed by atoms with Crippen LogP contribution in [0, 0.1) is 0 Å². The summed E-state index contributed by atoms with van der Waals surface area (Å²) in [5.41, 5.74) is 7.90. The van der Waals surface area contributed by atoms with Gasteiger partial charge in [-0.1, -0.05) is 41.5 Å². The molecule has 9 nitrogen and oxygen atoms in total. The molecule has 29 heavy (non-hydrogen) atoms. The van der Waals surface area contributed by atoms with E-state index in [1.165, 1.54) is 6.33 Å². The summed E-state index contributed by atoms with van der Waals surface area (Å²) < 4.78 is 14.6. The number of aliphatic hydroxyl groups excluding tert-OH is 2. The van der Waals surface area contributed by atoms with Crippen LogP contribution in [-0.4, -0.2) is 63.0 Å². The molecule has 1 aliphatic heterocycles. The van der Waals surface area contributed by atoms with Crippen molar-refractivity contribution in [2.45, 2.75) is 82.7 Å². The number of imidazole rings is 1. The van der Waals surface area contributed by atoms with E-state index in [4.69, 9.17) is 14.9 Å². The average Bonchev–Trinajstić information content (AvgIpc) is 3.20. The van der Waals surface area contributed by atoms with Gasteiger partial charge in [0.25, 0.3) is 0 Å². The van der Waals surface area contributed by atoms with Crippen molar-refractivity contribution >= 4 is 25.3 Å². The van der Waals surface area contributed by atoms with Crippen molar-refractivity contribution in [2.24, 2.45) is 0 Å². The topological polar surface area (TPSA) is 129 Å². The Balaban J connectivity index is 2.07. The Morgan fingerprint density at radius 2 is 1.76 bits per heavy atom. The first-order valence-corrected chi connectivity index (χ1v) is 12.3. The molecule has 4 N–H and O–H groups in total. The lowest BCUT2D eigenvalue weighted by atomic mass is 10.1. The van der Waals surface area contributed by atoms with Crippen LogP contribution < -0.4 is 5.73 Å². The number of hydrogen-bond acceptors (Lipinski definition) is 8. The van der Waals surface area contributed by atoms with Crippen molar-refractivity contribution in [3.63, 3.8) is 0 Å². The van der Waals surface area contributed by atoms with Crippen LogP contribution in [0.15, 0.2) is 12.7 Å². The molecular weight excluding hydrogens is 390 g/mol. The van der Waals surface area contributed by atoms with Crippen molar-refractivity contribution in [1.82, 2.24) is 19.5 Å². The maximum absolute atomic E-state index is 11.0. The summed E-state index contributed by atoms with van der Waals surface area (Å²) in [5, 5.41) is 20.7. The van der Waals surface area contributed by atoms with Gasteiger partial charge in [-0.15, -0.1) is 0 Å². The van der Waals surface area contributed by atoms with E-state index < -0.39 is 32.9 Å². The van der Waals surface area contributed by atoms with Crippen LogP contribution in [0.1, 0.15) is 47.8 Å². The SMILES string of the molecule is CC(C)[Si](O[C@@H]1[C@H](O)[C@@H](CO)O[C@H]1n1cnc2c(N)ncnc21)(C(C)C)C(C)C. The minimum Gasteiger partial charge on any atom is -0.406 e. The van der Waals surface area contributed by atoms with E-state index in [0.717, 1.165) is 0 Å². The molecule has 0 aliphatic carbocycles. The molecule has 10 heteroatoms. The summed E-state index contributed by atoms with van der Waals surface area (Å²) in [6.07, 6.45) is -0.100. The minimum atomic E-state index is -2.32. The van der Waals surface area contributed by atoms with Crippen LogP contribution in [0.4, 0.5) is 5.82 Å². The Morgan fingerprint density at radius 3 is 2.31 bits per heavy atom. The molecule has 0 aromatic carbocycles.